The molecule has 0 amide bonds. The van der Waals surface area contributed by atoms with Gasteiger partial charge in [0.2, 0.25) is 0 Å². The van der Waals surface area contributed by atoms with Crippen molar-refractivity contribution < 1.29 is 53.6 Å². The number of aromatic carboxylic acids is 1. The second-order valence-corrected chi connectivity index (χ2v) is 17.4. The summed E-state index contributed by atoms with van der Waals surface area (Å²) in [5.74, 6) is -1.26. The van der Waals surface area contributed by atoms with Gasteiger partial charge in [-0.3, -0.25) is 13.6 Å². The minimum Gasteiger partial charge on any atom is -0.477 e. The molecule has 0 fully saturated rings. The molecule has 0 aliphatic carbocycles. The van der Waals surface area contributed by atoms with E-state index in [1.807, 2.05) is 38.1 Å². The molecule has 0 aliphatic heterocycles. The van der Waals surface area contributed by atoms with Crippen LogP contribution in [0, 0.1) is 27.7 Å². The predicted octanol–water partition coefficient (Wildman–Crippen LogP) is 12.7. The van der Waals surface area contributed by atoms with E-state index in [4.69, 9.17) is 10.8 Å². The molecule has 6 aromatic rings. The molecule has 0 radical (unpaired) electrons. The third-order valence-electron chi connectivity index (χ3n) is 7.94. The van der Waals surface area contributed by atoms with Crippen molar-refractivity contribution in [3.05, 3.63) is 130 Å². The van der Waals surface area contributed by atoms with Gasteiger partial charge in [0, 0.05) is 31.7 Å². The molecule has 21 heteroatoms. The van der Waals surface area contributed by atoms with Crippen molar-refractivity contribution in [2.45, 2.75) is 56.9 Å². The van der Waals surface area contributed by atoms with Gasteiger partial charge < -0.3 is 10.8 Å². The number of Topliss-reactive ketones (excluding diaryl/α,β-unsaturated/α-hetero) is 1. The quantitative estimate of drug-likeness (QED) is 0.0894. The number of hydrogen-bond acceptors (Lipinski definition) is 5. The van der Waals surface area contributed by atoms with Crippen LogP contribution < -0.4 is 5.73 Å². The number of carbonyl (C=O) groups is 2. The summed E-state index contributed by atoms with van der Waals surface area (Å²) < 4.78 is 129. The smallest absolute Gasteiger partial charge is 0.354 e. The number of nitrogens with zero attached hydrogens (tertiary/aromatic N) is 4. The van der Waals surface area contributed by atoms with Gasteiger partial charge in [0.15, 0.2) is 11.5 Å². The second-order valence-electron chi connectivity index (χ2n) is 12.6. The first kappa shape index (κ1) is 46.6. The maximum atomic E-state index is 12.9. The van der Waals surface area contributed by atoms with Crippen LogP contribution >= 0.6 is 32.0 Å². The van der Waals surface area contributed by atoms with Crippen LogP contribution in [-0.4, -0.2) is 42.0 Å². The fourth-order valence-corrected chi connectivity index (χ4v) is 6.77. The topological polar surface area (TPSA) is 115 Å². The fourth-order valence-electron chi connectivity index (χ4n) is 5.35. The summed E-state index contributed by atoms with van der Waals surface area (Å²) in [6.45, 7) is 7.00. The van der Waals surface area contributed by atoms with Gasteiger partial charge in [-0.1, -0.05) is 63.1 Å². The minimum atomic E-state index is -9.73. The van der Waals surface area contributed by atoms with Crippen molar-refractivity contribution in [2.24, 2.45) is 5.73 Å². The second kappa shape index (κ2) is 15.2. The Bertz CT molecular complexity index is 2460. The zero-order chi connectivity index (χ0) is 43.5. The number of carboxylic acids is 1. The molecule has 0 bridgehead atoms. The number of ketones is 1. The number of carbonyl (C=O) groups excluding carboxylic acids is 1. The largest absolute Gasteiger partial charge is 0.477 e. The molecule has 8 nitrogen and oxygen atoms in total. The summed E-state index contributed by atoms with van der Waals surface area (Å²) >= 11 is 4.64. The van der Waals surface area contributed by atoms with E-state index in [9.17, 15) is 48.4 Å². The highest BCUT2D eigenvalue weighted by molar-refractivity contribution is 8.46. The van der Waals surface area contributed by atoms with Crippen LogP contribution in [-0.2, 0) is 13.0 Å². The maximum absolute atomic E-state index is 12.9. The lowest BCUT2D eigenvalue weighted by Gasteiger charge is -2.40. The van der Waals surface area contributed by atoms with E-state index in [1.54, 1.807) is 35.0 Å². The molecular formula is C36H38ClF10N5O3S2. The number of carboxylic acid groups (broad SMARTS) is 1. The van der Waals surface area contributed by atoms with E-state index in [2.05, 4.69) is 21.6 Å². The van der Waals surface area contributed by atoms with Crippen LogP contribution in [0.4, 0.5) is 38.9 Å². The van der Waals surface area contributed by atoms with Crippen molar-refractivity contribution >= 4 is 55.1 Å². The molecule has 4 aromatic heterocycles. The molecule has 3 N–H and O–H groups in total. The van der Waals surface area contributed by atoms with Gasteiger partial charge in [-0.05, 0) is 105 Å². The summed E-state index contributed by atoms with van der Waals surface area (Å²) in [6, 6.07) is 13.2. The highest BCUT2D eigenvalue weighted by atomic mass is 35.5. The fraction of sp³-hybridized carbons (Fsp3) is 0.222. The number of aromatic nitrogens is 4. The SMILES string of the molecule is CCl.Cc1ccn2c(C(=O)CCc3cccc(S(F)(F)(F)(F)F)c3)c(C)nc2c1.Cc1ccn2c(C(=O)O)c(C)nc2c1.NCc1cccc(S(F)(F)(F)(F)F)c1. The summed E-state index contributed by atoms with van der Waals surface area (Å²) in [4.78, 5) is 28.2. The van der Waals surface area contributed by atoms with Crippen molar-refractivity contribution in [3.8, 4) is 0 Å². The van der Waals surface area contributed by atoms with Crippen LogP contribution in [0.3, 0.4) is 0 Å². The first-order valence-electron chi connectivity index (χ1n) is 16.3. The Kier molecular flexibility index (Phi) is 12.4. The van der Waals surface area contributed by atoms with E-state index in [-0.39, 0.29) is 42.0 Å². The van der Waals surface area contributed by atoms with Gasteiger partial charge in [-0.15, -0.1) is 11.6 Å². The number of halogens is 11. The molecule has 314 valence electrons. The zero-order valence-corrected chi connectivity index (χ0v) is 33.2. The van der Waals surface area contributed by atoms with Crippen LogP contribution in [0.1, 0.15) is 61.0 Å². The molecule has 6 rings (SSSR count). The van der Waals surface area contributed by atoms with E-state index in [1.165, 1.54) is 18.5 Å². The lowest BCUT2D eigenvalue weighted by atomic mass is 10.1. The van der Waals surface area contributed by atoms with E-state index < -0.39 is 36.2 Å². The van der Waals surface area contributed by atoms with Crippen LogP contribution in [0.2, 0.25) is 0 Å². The Labute approximate surface area is 325 Å². The molecule has 4 heterocycles. The standard InChI is InChI=1S/C18H17F5N2OS.C10H10N2O2.C7H8F5NS.CH3Cl/c1-12-8-9-25-17(10-12)24-13(2)18(25)16(26)7-6-14-4-3-5-15(11-14)27(19,20,21,22)23;1-6-3-4-12-8(5-6)11-7(2)9(12)10(13)14;8-14(9,10,11,12)7-3-1-2-6(4-7)5-13;1-2/h3-5,8-11H,6-7H2,1-2H3;3-5H,1-2H3,(H,13,14);1-4H,5,13H2;1H3. The van der Waals surface area contributed by atoms with Crippen molar-refractivity contribution in [2.75, 3.05) is 6.38 Å². The first-order valence-corrected chi connectivity index (χ1v) is 20.9. The normalized spacial score (nSPS) is 14.0. The average Bonchev–Trinajstić information content (AvgIpc) is 3.60. The van der Waals surface area contributed by atoms with Crippen molar-refractivity contribution in [1.82, 2.24) is 18.8 Å². The number of fused-ring (bicyclic) bond motifs is 2. The third kappa shape index (κ3) is 12.3. The van der Waals surface area contributed by atoms with Gasteiger partial charge in [0.1, 0.15) is 26.8 Å². The van der Waals surface area contributed by atoms with E-state index >= 15 is 0 Å². The van der Waals surface area contributed by atoms with Crippen molar-refractivity contribution in [3.63, 3.8) is 0 Å². The van der Waals surface area contributed by atoms with Gasteiger partial charge in [-0.2, -0.15) is 0 Å². The highest BCUT2D eigenvalue weighted by Crippen LogP contribution is 3.02. The average molecular weight is 878 g/mol. The lowest BCUT2D eigenvalue weighted by Crippen LogP contribution is -2.08. The van der Waals surface area contributed by atoms with Crippen LogP contribution in [0.25, 0.3) is 11.3 Å². The van der Waals surface area contributed by atoms with Crippen molar-refractivity contribution in [1.29, 1.82) is 0 Å². The monoisotopic (exact) mass is 877 g/mol. The number of hydrogen-bond donors (Lipinski definition) is 2. The molecule has 0 atom stereocenters. The molecule has 2 aromatic carbocycles. The molecule has 0 unspecified atom stereocenters. The lowest BCUT2D eigenvalue weighted by molar-refractivity contribution is 0.0688. The number of benzene rings is 2. The summed E-state index contributed by atoms with van der Waals surface area (Å²) in [5.41, 5.74) is 10.0. The summed E-state index contributed by atoms with van der Waals surface area (Å²) in [5, 5.41) is 8.96. The summed E-state index contributed by atoms with van der Waals surface area (Å²) in [7, 11) is -19.3. The molecule has 0 aliphatic rings. The third-order valence-corrected chi connectivity index (χ3v) is 10.2. The number of pyridine rings is 2. The first-order chi connectivity index (χ1) is 25.9. The predicted molar refractivity (Wildman–Crippen MR) is 204 cm³/mol. The molecule has 0 saturated carbocycles. The molecular weight excluding hydrogens is 840 g/mol. The minimum absolute atomic E-state index is 0.0238. The Morgan fingerprint density at radius 3 is 1.47 bits per heavy atom. The van der Waals surface area contributed by atoms with Gasteiger partial charge >= 0.3 is 26.4 Å². The van der Waals surface area contributed by atoms with Crippen LogP contribution in [0.5, 0.6) is 0 Å². The number of alkyl halides is 1. The number of aryl methyl sites for hydroxylation is 5. The number of rotatable bonds is 8. The highest BCUT2D eigenvalue weighted by Gasteiger charge is 2.66. The van der Waals surface area contributed by atoms with E-state index in [0.29, 0.717) is 52.6 Å². The molecule has 57 heavy (non-hydrogen) atoms. The van der Waals surface area contributed by atoms with Gasteiger partial charge in [-0.25, -0.2) is 14.8 Å². The Morgan fingerprint density at radius 2 is 1.05 bits per heavy atom. The molecule has 0 saturated heterocycles. The van der Waals surface area contributed by atoms with E-state index in [0.717, 1.165) is 23.3 Å². The zero-order valence-electron chi connectivity index (χ0n) is 30.8. The number of nitrogens with two attached hydrogens (primary N) is 1. The number of imidazole rings is 2. The summed E-state index contributed by atoms with van der Waals surface area (Å²) in [6.07, 6.45) is 4.70. The van der Waals surface area contributed by atoms with Gasteiger partial charge in [0.25, 0.3) is 0 Å². The maximum Gasteiger partial charge on any atom is 0.354 e. The Morgan fingerprint density at radius 1 is 0.649 bits per heavy atom. The molecule has 0 spiro atoms. The van der Waals surface area contributed by atoms with Gasteiger partial charge in [0.05, 0.1) is 11.4 Å². The Hall–Kier alpha value is -4.79. The van der Waals surface area contributed by atoms with Crippen LogP contribution in [0.15, 0.2) is 95.0 Å². The Balaban J connectivity index is 0.000000245.